The molecule has 1 atom stereocenters. The van der Waals surface area contributed by atoms with E-state index in [4.69, 9.17) is 0 Å². The molecule has 0 saturated carbocycles. The Kier molecular flexibility index (Phi) is 3.59. The Hall–Kier alpha value is -2.58. The normalized spacial score (nSPS) is 18.6. The average molecular weight is 285 g/mol. The fourth-order valence-corrected chi connectivity index (χ4v) is 1.88. The highest BCUT2D eigenvalue weighted by Gasteiger charge is 2.30. The molecule has 2 N–H and O–H groups in total. The molecule has 0 aliphatic carbocycles. The summed E-state index contributed by atoms with van der Waals surface area (Å²) in [5, 5.41) is 15.2. The number of nitrogens with one attached hydrogen (secondary N) is 2. The SMILES string of the molecule is O=C1CCC(Nc2cc(F)cc(F)c2[N+](=O)[O-])C(=O)N1. The van der Waals surface area contributed by atoms with E-state index in [1.165, 1.54) is 0 Å². The van der Waals surface area contributed by atoms with Gasteiger partial charge in [-0.15, -0.1) is 0 Å². The van der Waals surface area contributed by atoms with Gasteiger partial charge in [-0.05, 0) is 6.42 Å². The minimum Gasteiger partial charge on any atom is -0.368 e. The lowest BCUT2D eigenvalue weighted by Crippen LogP contribution is -2.47. The van der Waals surface area contributed by atoms with Crippen molar-refractivity contribution < 1.29 is 23.3 Å². The summed E-state index contributed by atoms with van der Waals surface area (Å²) >= 11 is 0. The maximum atomic E-state index is 13.4. The fourth-order valence-electron chi connectivity index (χ4n) is 1.88. The number of nitro groups is 1. The molecule has 0 radical (unpaired) electrons. The molecule has 7 nitrogen and oxygen atoms in total. The Balaban J connectivity index is 2.31. The van der Waals surface area contributed by atoms with Gasteiger partial charge in [-0.25, -0.2) is 4.39 Å². The van der Waals surface area contributed by atoms with Crippen LogP contribution in [-0.2, 0) is 9.59 Å². The summed E-state index contributed by atoms with van der Waals surface area (Å²) in [7, 11) is 0. The lowest BCUT2D eigenvalue weighted by Gasteiger charge is -2.22. The molecule has 1 aromatic rings. The number of nitro benzene ring substituents is 1. The number of carbonyl (C=O) groups excluding carboxylic acids is 2. The molecule has 1 saturated heterocycles. The van der Waals surface area contributed by atoms with Crippen LogP contribution >= 0.6 is 0 Å². The van der Waals surface area contributed by atoms with Crippen LogP contribution in [0, 0.1) is 21.7 Å². The second-order valence-electron chi connectivity index (χ2n) is 4.19. The van der Waals surface area contributed by atoms with Gasteiger partial charge in [0.15, 0.2) is 0 Å². The standard InChI is InChI=1S/C11H9F2N3O4/c12-5-3-6(13)10(16(19)20)8(4-5)14-7-1-2-9(17)15-11(7)18/h3-4,7,14H,1-2H2,(H,15,17,18). The molecule has 1 unspecified atom stereocenters. The van der Waals surface area contributed by atoms with Crippen molar-refractivity contribution in [1.29, 1.82) is 0 Å². The smallest absolute Gasteiger partial charge is 0.327 e. The summed E-state index contributed by atoms with van der Waals surface area (Å²) in [6, 6.07) is 0.145. The van der Waals surface area contributed by atoms with Gasteiger partial charge in [0.05, 0.1) is 4.92 Å². The highest BCUT2D eigenvalue weighted by Crippen LogP contribution is 2.30. The molecule has 1 aliphatic rings. The maximum absolute atomic E-state index is 13.4. The summed E-state index contributed by atoms with van der Waals surface area (Å²) in [4.78, 5) is 32.2. The monoisotopic (exact) mass is 285 g/mol. The van der Waals surface area contributed by atoms with Crippen molar-refractivity contribution in [3.05, 3.63) is 33.9 Å². The zero-order valence-corrected chi connectivity index (χ0v) is 9.98. The summed E-state index contributed by atoms with van der Waals surface area (Å²) in [6.45, 7) is 0. The molecule has 0 spiro atoms. The van der Waals surface area contributed by atoms with Gasteiger partial charge in [-0.1, -0.05) is 0 Å². The van der Waals surface area contributed by atoms with E-state index in [1.807, 2.05) is 5.32 Å². The Morgan fingerprint density at radius 2 is 2.05 bits per heavy atom. The molecule has 0 aromatic heterocycles. The highest BCUT2D eigenvalue weighted by atomic mass is 19.1. The van der Waals surface area contributed by atoms with Crippen LogP contribution in [0.4, 0.5) is 20.2 Å². The Morgan fingerprint density at radius 3 is 2.65 bits per heavy atom. The number of hydrogen-bond donors (Lipinski definition) is 2. The molecule has 1 aromatic carbocycles. The second-order valence-corrected chi connectivity index (χ2v) is 4.19. The van der Waals surface area contributed by atoms with Gasteiger partial charge in [0.2, 0.25) is 17.6 Å². The fraction of sp³-hybridized carbons (Fsp3) is 0.273. The first kappa shape index (κ1) is 13.8. The number of hydrogen-bond acceptors (Lipinski definition) is 5. The van der Waals surface area contributed by atoms with Gasteiger partial charge in [0, 0.05) is 18.6 Å². The molecule has 0 bridgehead atoms. The van der Waals surface area contributed by atoms with Crippen molar-refractivity contribution in [2.75, 3.05) is 5.32 Å². The predicted octanol–water partition coefficient (Wildman–Crippen LogP) is 1.09. The molecule has 9 heteroatoms. The number of imide groups is 1. The Morgan fingerprint density at radius 1 is 1.35 bits per heavy atom. The van der Waals surface area contributed by atoms with Crippen molar-refractivity contribution in [1.82, 2.24) is 5.32 Å². The van der Waals surface area contributed by atoms with Crippen LogP contribution in [0.2, 0.25) is 0 Å². The van der Waals surface area contributed by atoms with E-state index in [1.54, 1.807) is 0 Å². The van der Waals surface area contributed by atoms with Crippen molar-refractivity contribution in [3.8, 4) is 0 Å². The Labute approximate surface area is 111 Å². The zero-order chi connectivity index (χ0) is 14.9. The third-order valence-electron chi connectivity index (χ3n) is 2.78. The molecule has 1 fully saturated rings. The van der Waals surface area contributed by atoms with Crippen LogP contribution in [0.5, 0.6) is 0 Å². The number of nitrogens with zero attached hydrogens (tertiary/aromatic N) is 1. The number of benzene rings is 1. The number of rotatable bonds is 3. The van der Waals surface area contributed by atoms with E-state index in [0.29, 0.717) is 6.07 Å². The van der Waals surface area contributed by atoms with Crippen LogP contribution in [0.25, 0.3) is 0 Å². The number of amides is 2. The molecule has 2 amide bonds. The number of carbonyl (C=O) groups is 2. The van der Waals surface area contributed by atoms with Gasteiger partial charge in [-0.3, -0.25) is 25.0 Å². The number of halogens is 2. The first-order valence-corrected chi connectivity index (χ1v) is 5.62. The summed E-state index contributed by atoms with van der Waals surface area (Å²) < 4.78 is 26.5. The van der Waals surface area contributed by atoms with Crippen molar-refractivity contribution >= 4 is 23.2 Å². The van der Waals surface area contributed by atoms with E-state index < -0.39 is 45.8 Å². The molecule has 106 valence electrons. The lowest BCUT2D eigenvalue weighted by atomic mass is 10.1. The maximum Gasteiger partial charge on any atom is 0.327 e. The number of anilines is 1. The summed E-state index contributed by atoms with van der Waals surface area (Å²) in [6.07, 6.45) is 0.120. The van der Waals surface area contributed by atoms with E-state index in [-0.39, 0.29) is 12.8 Å². The predicted molar refractivity (Wildman–Crippen MR) is 62.8 cm³/mol. The van der Waals surface area contributed by atoms with E-state index in [9.17, 15) is 28.5 Å². The van der Waals surface area contributed by atoms with Gasteiger partial charge in [0.25, 0.3) is 0 Å². The topological polar surface area (TPSA) is 101 Å². The van der Waals surface area contributed by atoms with Gasteiger partial charge >= 0.3 is 5.69 Å². The molecular formula is C11H9F2N3O4. The third-order valence-corrected chi connectivity index (χ3v) is 2.78. The molecule has 1 aliphatic heterocycles. The van der Waals surface area contributed by atoms with Crippen molar-refractivity contribution in [2.45, 2.75) is 18.9 Å². The quantitative estimate of drug-likeness (QED) is 0.492. The van der Waals surface area contributed by atoms with Gasteiger partial charge in [0.1, 0.15) is 17.5 Å². The minimum atomic E-state index is -1.34. The van der Waals surface area contributed by atoms with Crippen LogP contribution in [0.15, 0.2) is 12.1 Å². The van der Waals surface area contributed by atoms with E-state index in [2.05, 4.69) is 5.32 Å². The highest BCUT2D eigenvalue weighted by molar-refractivity contribution is 6.01. The summed E-state index contributed by atoms with van der Waals surface area (Å²) in [5.41, 5.74) is -1.39. The molecule has 1 heterocycles. The van der Waals surface area contributed by atoms with E-state index in [0.717, 1.165) is 6.07 Å². The third kappa shape index (κ3) is 2.71. The van der Waals surface area contributed by atoms with Gasteiger partial charge < -0.3 is 5.32 Å². The van der Waals surface area contributed by atoms with Crippen LogP contribution < -0.4 is 10.6 Å². The minimum absolute atomic E-state index is 0.0367. The first-order chi connectivity index (χ1) is 9.38. The summed E-state index contributed by atoms with van der Waals surface area (Å²) in [5.74, 6) is -3.51. The molecule has 20 heavy (non-hydrogen) atoms. The van der Waals surface area contributed by atoms with Crippen LogP contribution in [0.1, 0.15) is 12.8 Å². The lowest BCUT2D eigenvalue weighted by molar-refractivity contribution is -0.386. The zero-order valence-electron chi connectivity index (χ0n) is 9.98. The van der Waals surface area contributed by atoms with Crippen LogP contribution in [0.3, 0.4) is 0 Å². The number of piperidine rings is 1. The molecule has 2 rings (SSSR count). The molecular weight excluding hydrogens is 276 g/mol. The Bertz CT molecular complexity index is 606. The van der Waals surface area contributed by atoms with Gasteiger partial charge in [-0.2, -0.15) is 4.39 Å². The average Bonchev–Trinajstić information content (AvgIpc) is 2.31. The van der Waals surface area contributed by atoms with Crippen LogP contribution in [-0.4, -0.2) is 22.8 Å². The first-order valence-electron chi connectivity index (χ1n) is 5.62. The van der Waals surface area contributed by atoms with Crippen molar-refractivity contribution in [3.63, 3.8) is 0 Å². The van der Waals surface area contributed by atoms with Crippen molar-refractivity contribution in [2.24, 2.45) is 0 Å². The largest absolute Gasteiger partial charge is 0.368 e. The van der Waals surface area contributed by atoms with E-state index >= 15 is 0 Å². The second kappa shape index (κ2) is 5.19.